The van der Waals surface area contributed by atoms with Gasteiger partial charge in [-0.05, 0) is 36.4 Å². The van der Waals surface area contributed by atoms with E-state index in [1.165, 1.54) is 31.6 Å². The number of carbonyl (C=O) groups is 1. The molecule has 0 saturated carbocycles. The van der Waals surface area contributed by atoms with E-state index < -0.39 is 23.5 Å². The van der Waals surface area contributed by atoms with Gasteiger partial charge in [0.05, 0.1) is 7.11 Å². The van der Waals surface area contributed by atoms with E-state index in [0.29, 0.717) is 11.3 Å². The van der Waals surface area contributed by atoms with Crippen molar-refractivity contribution in [1.29, 1.82) is 10.7 Å². The summed E-state index contributed by atoms with van der Waals surface area (Å²) in [5, 5.41) is 31.3. The number of aromatic nitrogens is 5. The molecule has 0 amide bonds. The quantitative estimate of drug-likeness (QED) is 0.150. The molecular formula is C25H24FN9O5. The van der Waals surface area contributed by atoms with E-state index in [1.54, 1.807) is 36.4 Å². The summed E-state index contributed by atoms with van der Waals surface area (Å²) in [7, 11) is 1.40. The van der Waals surface area contributed by atoms with Crippen molar-refractivity contribution in [2.24, 2.45) is 5.73 Å². The van der Waals surface area contributed by atoms with Gasteiger partial charge in [0.25, 0.3) is 11.9 Å². The number of nitrogens with two attached hydrogens (primary N) is 1. The highest BCUT2D eigenvalue weighted by Crippen LogP contribution is 2.34. The molecule has 0 aliphatic heterocycles. The molecule has 0 spiro atoms. The molecule has 0 bridgehead atoms. The van der Waals surface area contributed by atoms with Crippen molar-refractivity contribution in [3.05, 3.63) is 88.1 Å². The zero-order chi connectivity index (χ0) is 29.2. The van der Waals surface area contributed by atoms with Gasteiger partial charge in [0, 0.05) is 42.2 Å². The second-order valence-electron chi connectivity index (χ2n) is 7.84. The van der Waals surface area contributed by atoms with Crippen LogP contribution in [0.2, 0.25) is 0 Å². The summed E-state index contributed by atoms with van der Waals surface area (Å²) in [6.07, 6.45) is 2.91. The van der Waals surface area contributed by atoms with Gasteiger partial charge in [0.2, 0.25) is 0 Å². The molecule has 2 aromatic heterocycles. The summed E-state index contributed by atoms with van der Waals surface area (Å²) < 4.78 is 27.1. The van der Waals surface area contributed by atoms with Gasteiger partial charge in [-0.25, -0.2) is 19.2 Å². The van der Waals surface area contributed by atoms with E-state index in [1.807, 2.05) is 0 Å². The van der Waals surface area contributed by atoms with Crippen LogP contribution in [-0.2, 0) is 4.79 Å². The first kappa shape index (κ1) is 28.8. The maximum atomic E-state index is 15.6. The van der Waals surface area contributed by atoms with Crippen LogP contribution in [-0.4, -0.2) is 55.4 Å². The predicted molar refractivity (Wildman–Crippen MR) is 140 cm³/mol. The first-order valence-corrected chi connectivity index (χ1v) is 11.4. The Morgan fingerprint density at radius 2 is 1.95 bits per heavy atom. The Morgan fingerprint density at radius 3 is 2.52 bits per heavy atom. The van der Waals surface area contributed by atoms with Crippen LogP contribution >= 0.6 is 0 Å². The molecule has 40 heavy (non-hydrogen) atoms. The van der Waals surface area contributed by atoms with Gasteiger partial charge in [0.15, 0.2) is 24.0 Å². The molecule has 0 aliphatic rings. The average Bonchev–Trinajstić information content (AvgIpc) is 3.33. The zero-order valence-electron chi connectivity index (χ0n) is 21.3. The molecule has 206 valence electrons. The number of nitrogen functional groups attached to an aromatic ring is 1. The Kier molecular flexibility index (Phi) is 9.46. The summed E-state index contributed by atoms with van der Waals surface area (Å²) in [5.41, 5.74) is 5.92. The van der Waals surface area contributed by atoms with Crippen LogP contribution in [0.15, 0.2) is 59.7 Å². The number of nitrogens with one attached hydrogen (secondary N) is 3. The van der Waals surface area contributed by atoms with E-state index in [9.17, 15) is 4.79 Å². The number of carboxylic acid groups (broad SMARTS) is 1. The minimum Gasteiger partial charge on any atom is -0.497 e. The number of H-pyrrole nitrogens is 1. The van der Waals surface area contributed by atoms with E-state index in [0.717, 1.165) is 11.6 Å². The van der Waals surface area contributed by atoms with Crippen molar-refractivity contribution >= 4 is 17.5 Å². The smallest absolute Gasteiger partial charge is 0.350 e. The molecule has 15 heteroatoms. The van der Waals surface area contributed by atoms with Gasteiger partial charge in [-0.3, -0.25) is 15.2 Å². The number of halogens is 1. The number of aliphatic carboxylic acids is 1. The van der Waals surface area contributed by atoms with E-state index in [-0.39, 0.29) is 41.3 Å². The maximum Gasteiger partial charge on any atom is 0.350 e. The maximum absolute atomic E-state index is 15.6. The predicted octanol–water partition coefficient (Wildman–Crippen LogP) is 1.98. The number of carboxylic acids is 1. The molecule has 0 saturated heterocycles. The second kappa shape index (κ2) is 13.1. The van der Waals surface area contributed by atoms with Gasteiger partial charge in [-0.2, -0.15) is 5.26 Å². The van der Waals surface area contributed by atoms with Gasteiger partial charge >= 0.3 is 5.69 Å². The number of nitrogens with zero attached hydrogens (tertiary/aromatic N) is 5. The Bertz CT molecular complexity index is 1580. The number of methoxy groups -OCH3 is 1. The fourth-order valence-electron chi connectivity index (χ4n) is 3.35. The molecule has 0 fully saturated rings. The van der Waals surface area contributed by atoms with Gasteiger partial charge in [0.1, 0.15) is 23.7 Å². The van der Waals surface area contributed by atoms with Crippen molar-refractivity contribution < 1.29 is 23.8 Å². The number of anilines is 1. The van der Waals surface area contributed by atoms with E-state index in [4.69, 9.17) is 35.8 Å². The second-order valence-corrected chi connectivity index (χ2v) is 7.84. The lowest BCUT2D eigenvalue weighted by atomic mass is 10.0. The highest BCUT2D eigenvalue weighted by atomic mass is 19.1. The molecule has 1 unspecified atom stereocenters. The van der Waals surface area contributed by atoms with Crippen LogP contribution < -0.4 is 26.2 Å². The summed E-state index contributed by atoms with van der Waals surface area (Å²) in [6, 6.07) is 11.6. The standard InChI is InChI=1S/C23H20FN9O3.C2H4O2/c1-35-15-11-16(18(24)17(12-15)36-10-7-25)19(30-14-5-3-13(4-6-14)20(26)27)21-31-23(34)33(32-21)22-28-8-2-9-29-22;1-2(3)4/h2-6,8-9,11-12,19,30H,10H2,1H3,(H3,26,27)(H,31,32,34);1H3,(H,3,4). The van der Waals surface area contributed by atoms with Gasteiger partial charge < -0.3 is 25.6 Å². The molecule has 1 atom stereocenters. The first-order chi connectivity index (χ1) is 19.1. The third-order valence-electron chi connectivity index (χ3n) is 5.04. The number of nitriles is 1. The molecule has 6 N–H and O–H groups in total. The summed E-state index contributed by atoms with van der Waals surface area (Å²) in [6.45, 7) is 0.699. The number of aromatic amines is 1. The normalized spacial score (nSPS) is 10.8. The van der Waals surface area contributed by atoms with Crippen LogP contribution in [0.1, 0.15) is 29.9 Å². The van der Waals surface area contributed by atoms with Crippen molar-refractivity contribution in [2.75, 3.05) is 19.0 Å². The lowest BCUT2D eigenvalue weighted by Crippen LogP contribution is -2.18. The largest absolute Gasteiger partial charge is 0.497 e. The van der Waals surface area contributed by atoms with Crippen molar-refractivity contribution in [3.63, 3.8) is 0 Å². The molecule has 2 heterocycles. The highest BCUT2D eigenvalue weighted by molar-refractivity contribution is 5.95. The number of amidine groups is 1. The minimum atomic E-state index is -1.05. The Morgan fingerprint density at radius 1 is 1.30 bits per heavy atom. The Balaban J connectivity index is 0.00000103. The lowest BCUT2D eigenvalue weighted by Gasteiger charge is -2.21. The molecule has 4 aromatic rings. The molecule has 0 aliphatic carbocycles. The van der Waals surface area contributed by atoms with E-state index in [2.05, 4.69) is 25.4 Å². The fourth-order valence-corrected chi connectivity index (χ4v) is 3.35. The third kappa shape index (κ3) is 7.16. The molecule has 14 nitrogen and oxygen atoms in total. The fraction of sp³-hybridized carbons (Fsp3) is 0.160. The Labute approximate surface area is 226 Å². The molecule has 2 aromatic carbocycles. The first-order valence-electron chi connectivity index (χ1n) is 11.4. The number of benzene rings is 2. The van der Waals surface area contributed by atoms with Crippen molar-refractivity contribution in [3.8, 4) is 23.5 Å². The topological polar surface area (TPSA) is 218 Å². The van der Waals surface area contributed by atoms with Gasteiger partial charge in [-0.15, -0.1) is 9.78 Å². The van der Waals surface area contributed by atoms with Crippen LogP contribution in [0, 0.1) is 22.6 Å². The summed E-state index contributed by atoms with van der Waals surface area (Å²) >= 11 is 0. The van der Waals surface area contributed by atoms with Gasteiger partial charge in [-0.1, -0.05) is 0 Å². The average molecular weight is 550 g/mol. The minimum absolute atomic E-state index is 0.0211. The van der Waals surface area contributed by atoms with Crippen LogP contribution in [0.25, 0.3) is 5.95 Å². The zero-order valence-corrected chi connectivity index (χ0v) is 21.3. The Hall–Kier alpha value is -5.78. The SMILES string of the molecule is CC(=O)O.COc1cc(OCC#N)c(F)c(C(Nc2ccc(C(=N)N)cc2)c2nn(-c3ncccn3)c(=O)[nH]2)c1. The van der Waals surface area contributed by atoms with Crippen LogP contribution in [0.5, 0.6) is 11.5 Å². The number of hydrogen-bond acceptors (Lipinski definition) is 10. The summed E-state index contributed by atoms with van der Waals surface area (Å²) in [5.74, 6) is -1.61. The summed E-state index contributed by atoms with van der Waals surface area (Å²) in [4.78, 5) is 32.4. The number of rotatable bonds is 9. The van der Waals surface area contributed by atoms with Crippen molar-refractivity contribution in [2.45, 2.75) is 13.0 Å². The molecule has 4 rings (SSSR count). The van der Waals surface area contributed by atoms with Crippen molar-refractivity contribution in [1.82, 2.24) is 24.7 Å². The van der Waals surface area contributed by atoms with E-state index >= 15 is 4.39 Å². The lowest BCUT2D eigenvalue weighted by molar-refractivity contribution is -0.134. The number of ether oxygens (including phenoxy) is 2. The van der Waals surface area contributed by atoms with Crippen LogP contribution in [0.3, 0.4) is 0 Å². The number of hydrogen-bond donors (Lipinski definition) is 5. The molecule has 0 radical (unpaired) electrons. The highest BCUT2D eigenvalue weighted by Gasteiger charge is 2.27. The third-order valence-corrected chi connectivity index (χ3v) is 5.04. The molecular weight excluding hydrogens is 525 g/mol. The monoisotopic (exact) mass is 549 g/mol. The van der Waals surface area contributed by atoms with Crippen LogP contribution in [0.4, 0.5) is 10.1 Å².